The molecule has 3 N–H and O–H groups in total. The van der Waals surface area contributed by atoms with Crippen LogP contribution in [0.1, 0.15) is 38.4 Å². The van der Waals surface area contributed by atoms with Crippen molar-refractivity contribution < 1.29 is 9.26 Å². The lowest BCUT2D eigenvalue weighted by Gasteiger charge is -2.35. The van der Waals surface area contributed by atoms with Gasteiger partial charge in [-0.25, -0.2) is 0 Å². The highest BCUT2D eigenvalue weighted by atomic mass is 16.5. The van der Waals surface area contributed by atoms with Crippen molar-refractivity contribution in [1.29, 1.82) is 0 Å². The zero-order valence-electron chi connectivity index (χ0n) is 11.7. The SMILES string of the molecule is COC1(c2noc(-c3cc(N)n[nH]3)n2)CCC(C)CC1. The maximum atomic E-state index is 5.73. The Morgan fingerprint density at radius 2 is 2.20 bits per heavy atom. The molecule has 7 heteroatoms. The van der Waals surface area contributed by atoms with Gasteiger partial charge in [0.2, 0.25) is 5.82 Å². The fraction of sp³-hybridized carbons (Fsp3) is 0.615. The van der Waals surface area contributed by atoms with Crippen LogP contribution < -0.4 is 5.73 Å². The van der Waals surface area contributed by atoms with E-state index in [2.05, 4.69) is 27.3 Å². The van der Waals surface area contributed by atoms with Crippen molar-refractivity contribution >= 4 is 5.82 Å². The van der Waals surface area contributed by atoms with Gasteiger partial charge in [-0.15, -0.1) is 0 Å². The first-order valence-electron chi connectivity index (χ1n) is 6.83. The first kappa shape index (κ1) is 13.1. The predicted molar refractivity (Wildman–Crippen MR) is 72.6 cm³/mol. The smallest absolute Gasteiger partial charge is 0.276 e. The second-order valence-corrected chi connectivity index (χ2v) is 5.51. The number of nitrogen functional groups attached to an aromatic ring is 1. The molecule has 0 spiro atoms. The number of rotatable bonds is 3. The number of nitrogens with one attached hydrogen (secondary N) is 1. The van der Waals surface area contributed by atoms with Gasteiger partial charge in [-0.3, -0.25) is 5.10 Å². The minimum atomic E-state index is -0.431. The number of aromatic nitrogens is 4. The maximum absolute atomic E-state index is 5.73. The highest BCUT2D eigenvalue weighted by Gasteiger charge is 2.40. The molecule has 0 radical (unpaired) electrons. The van der Waals surface area contributed by atoms with Crippen molar-refractivity contribution in [2.75, 3.05) is 12.8 Å². The zero-order chi connectivity index (χ0) is 14.2. The molecular weight excluding hydrogens is 258 g/mol. The summed E-state index contributed by atoms with van der Waals surface area (Å²) in [6, 6.07) is 1.67. The summed E-state index contributed by atoms with van der Waals surface area (Å²) in [5, 5.41) is 10.7. The summed E-state index contributed by atoms with van der Waals surface area (Å²) in [4.78, 5) is 4.46. The predicted octanol–water partition coefficient (Wildman–Crippen LogP) is 2.09. The van der Waals surface area contributed by atoms with Gasteiger partial charge in [-0.2, -0.15) is 10.1 Å². The van der Waals surface area contributed by atoms with E-state index in [9.17, 15) is 0 Å². The molecule has 2 heterocycles. The summed E-state index contributed by atoms with van der Waals surface area (Å²) in [5.41, 5.74) is 5.77. The lowest BCUT2D eigenvalue weighted by atomic mass is 9.79. The van der Waals surface area contributed by atoms with Crippen LogP contribution in [0.2, 0.25) is 0 Å². The van der Waals surface area contributed by atoms with Crippen molar-refractivity contribution in [3.8, 4) is 11.6 Å². The molecule has 0 atom stereocenters. The van der Waals surface area contributed by atoms with Crippen molar-refractivity contribution in [3.05, 3.63) is 11.9 Å². The summed E-state index contributed by atoms with van der Waals surface area (Å²) in [7, 11) is 1.71. The Bertz CT molecular complexity index is 583. The number of nitrogens with zero attached hydrogens (tertiary/aromatic N) is 3. The van der Waals surface area contributed by atoms with Crippen LogP contribution in [0.3, 0.4) is 0 Å². The van der Waals surface area contributed by atoms with Gasteiger partial charge in [0.05, 0.1) is 0 Å². The Hall–Kier alpha value is -1.89. The van der Waals surface area contributed by atoms with E-state index in [0.717, 1.165) is 31.6 Å². The molecule has 0 unspecified atom stereocenters. The van der Waals surface area contributed by atoms with Gasteiger partial charge < -0.3 is 15.0 Å². The number of methoxy groups -OCH3 is 1. The largest absolute Gasteiger partial charge is 0.382 e. The fourth-order valence-electron chi connectivity index (χ4n) is 2.71. The monoisotopic (exact) mass is 277 g/mol. The van der Waals surface area contributed by atoms with Crippen molar-refractivity contribution in [2.24, 2.45) is 5.92 Å². The standard InChI is InChI=1S/C13H19N5O2/c1-8-3-5-13(19-2,6-4-8)12-15-11(20-18-12)9-7-10(14)17-16-9/h7-8H,3-6H2,1-2H3,(H3,14,16,17). The Balaban J connectivity index is 1.88. The van der Waals surface area contributed by atoms with E-state index < -0.39 is 5.60 Å². The molecular formula is C13H19N5O2. The Morgan fingerprint density at radius 3 is 2.80 bits per heavy atom. The minimum absolute atomic E-state index is 0.388. The van der Waals surface area contributed by atoms with Gasteiger partial charge in [0.15, 0.2) is 0 Å². The number of aromatic amines is 1. The highest BCUT2D eigenvalue weighted by Crippen LogP contribution is 2.41. The molecule has 0 saturated heterocycles. The summed E-state index contributed by atoms with van der Waals surface area (Å²) in [6.45, 7) is 2.26. The van der Waals surface area contributed by atoms with Crippen LogP contribution in [0.4, 0.5) is 5.82 Å². The van der Waals surface area contributed by atoms with Crippen LogP contribution in [0.5, 0.6) is 0 Å². The fourth-order valence-corrected chi connectivity index (χ4v) is 2.71. The quantitative estimate of drug-likeness (QED) is 0.890. The van der Waals surface area contributed by atoms with Gasteiger partial charge in [-0.1, -0.05) is 12.1 Å². The van der Waals surface area contributed by atoms with Crippen LogP contribution in [0.15, 0.2) is 10.6 Å². The molecule has 1 aliphatic carbocycles. The summed E-state index contributed by atoms with van der Waals surface area (Å²) in [6.07, 6.45) is 4.03. The molecule has 7 nitrogen and oxygen atoms in total. The molecule has 1 fully saturated rings. The van der Waals surface area contributed by atoms with Gasteiger partial charge in [-0.05, 0) is 31.6 Å². The van der Waals surface area contributed by atoms with Crippen LogP contribution in [-0.4, -0.2) is 27.4 Å². The van der Waals surface area contributed by atoms with Crippen LogP contribution >= 0.6 is 0 Å². The average molecular weight is 277 g/mol. The molecule has 0 aromatic carbocycles. The van der Waals surface area contributed by atoms with Crippen molar-refractivity contribution in [2.45, 2.75) is 38.2 Å². The number of hydrogen-bond acceptors (Lipinski definition) is 6. The third-order valence-corrected chi connectivity index (χ3v) is 4.13. The summed E-state index contributed by atoms with van der Waals surface area (Å²) >= 11 is 0. The molecule has 1 saturated carbocycles. The minimum Gasteiger partial charge on any atom is -0.382 e. The second kappa shape index (κ2) is 4.90. The number of nitrogens with two attached hydrogens (primary N) is 1. The molecule has 0 amide bonds. The highest BCUT2D eigenvalue weighted by molar-refractivity contribution is 5.51. The normalized spacial score (nSPS) is 26.8. The van der Waals surface area contributed by atoms with Crippen LogP contribution in [0, 0.1) is 5.92 Å². The molecule has 2 aromatic heterocycles. The van der Waals surface area contributed by atoms with Crippen molar-refractivity contribution in [1.82, 2.24) is 20.3 Å². The van der Waals surface area contributed by atoms with Gasteiger partial charge >= 0.3 is 0 Å². The first-order chi connectivity index (χ1) is 9.63. The second-order valence-electron chi connectivity index (χ2n) is 5.51. The number of anilines is 1. The Morgan fingerprint density at radius 1 is 1.45 bits per heavy atom. The third kappa shape index (κ3) is 2.18. The molecule has 0 aliphatic heterocycles. The molecule has 3 rings (SSSR count). The average Bonchev–Trinajstić information content (AvgIpc) is 3.09. The lowest BCUT2D eigenvalue weighted by Crippen LogP contribution is -2.34. The summed E-state index contributed by atoms with van der Waals surface area (Å²) in [5.74, 6) is 2.11. The van der Waals surface area contributed by atoms with E-state index in [-0.39, 0.29) is 0 Å². The molecule has 1 aliphatic rings. The topological polar surface area (TPSA) is 103 Å². The van der Waals surface area contributed by atoms with Gasteiger partial charge in [0.1, 0.15) is 17.1 Å². The summed E-state index contributed by atoms with van der Waals surface area (Å²) < 4.78 is 11.0. The zero-order valence-corrected chi connectivity index (χ0v) is 11.7. The molecule has 20 heavy (non-hydrogen) atoms. The third-order valence-electron chi connectivity index (χ3n) is 4.13. The van der Waals surface area contributed by atoms with Gasteiger partial charge in [0.25, 0.3) is 5.89 Å². The van der Waals surface area contributed by atoms with Crippen molar-refractivity contribution in [3.63, 3.8) is 0 Å². The first-order valence-corrected chi connectivity index (χ1v) is 6.83. The Labute approximate surface area is 116 Å². The molecule has 108 valence electrons. The molecule has 0 bridgehead atoms. The van der Waals surface area contributed by atoms with Gasteiger partial charge in [0, 0.05) is 13.2 Å². The number of hydrogen-bond donors (Lipinski definition) is 2. The van der Waals surface area contributed by atoms with E-state index in [1.54, 1.807) is 13.2 Å². The maximum Gasteiger partial charge on any atom is 0.276 e. The molecule has 2 aromatic rings. The van der Waals surface area contributed by atoms with E-state index >= 15 is 0 Å². The van der Waals surface area contributed by atoms with E-state index in [1.807, 2.05) is 0 Å². The van der Waals surface area contributed by atoms with E-state index in [1.165, 1.54) is 0 Å². The van der Waals surface area contributed by atoms with E-state index in [4.69, 9.17) is 15.0 Å². The lowest BCUT2D eigenvalue weighted by molar-refractivity contribution is -0.0609. The van der Waals surface area contributed by atoms with Crippen LogP contribution in [-0.2, 0) is 10.3 Å². The Kier molecular flexibility index (Phi) is 3.21. The van der Waals surface area contributed by atoms with Crippen LogP contribution in [0.25, 0.3) is 11.6 Å². The van der Waals surface area contributed by atoms with E-state index in [0.29, 0.717) is 23.2 Å². The number of H-pyrrole nitrogens is 1. The number of ether oxygens (including phenoxy) is 1.